The second-order valence-electron chi connectivity index (χ2n) is 3.90. The van der Waals surface area contributed by atoms with Crippen molar-refractivity contribution in [1.29, 1.82) is 0 Å². The molecule has 0 aliphatic heterocycles. The van der Waals surface area contributed by atoms with Gasteiger partial charge in [-0.15, -0.1) is 0 Å². The minimum atomic E-state index is -0.149. The first kappa shape index (κ1) is 12.9. The molecule has 7 heteroatoms. The van der Waals surface area contributed by atoms with Gasteiger partial charge in [-0.1, -0.05) is 12.1 Å². The molecule has 0 atom stereocenters. The summed E-state index contributed by atoms with van der Waals surface area (Å²) in [7, 11) is 0. The highest BCUT2D eigenvalue weighted by molar-refractivity contribution is 9.10. The number of aromatic nitrogens is 4. The van der Waals surface area contributed by atoms with Crippen molar-refractivity contribution in [3.63, 3.8) is 0 Å². The number of hydrogen-bond acceptors (Lipinski definition) is 5. The Morgan fingerprint density at radius 1 is 1.50 bits per heavy atom. The summed E-state index contributed by atoms with van der Waals surface area (Å²) in [6, 6.07) is 0. The van der Waals surface area contributed by atoms with E-state index in [-0.39, 0.29) is 12.1 Å². The van der Waals surface area contributed by atoms with Crippen LogP contribution < -0.4 is 5.56 Å². The maximum absolute atomic E-state index is 11.9. The predicted octanol–water partition coefficient (Wildman–Crippen LogP) is 1.70. The first-order valence-electron chi connectivity index (χ1n) is 5.65. The summed E-state index contributed by atoms with van der Waals surface area (Å²) in [4.78, 5) is 20.3. The lowest BCUT2D eigenvalue weighted by molar-refractivity contribution is 0.370. The smallest absolute Gasteiger partial charge is 0.268 e. The third kappa shape index (κ3) is 2.66. The van der Waals surface area contributed by atoms with E-state index in [9.17, 15) is 4.79 Å². The van der Waals surface area contributed by atoms with Crippen LogP contribution in [-0.2, 0) is 13.0 Å². The molecule has 2 heterocycles. The lowest BCUT2D eigenvalue weighted by Crippen LogP contribution is -2.25. The van der Waals surface area contributed by atoms with Gasteiger partial charge in [0.1, 0.15) is 10.3 Å². The van der Waals surface area contributed by atoms with Crippen LogP contribution in [-0.4, -0.2) is 19.7 Å². The predicted molar refractivity (Wildman–Crippen MR) is 68.3 cm³/mol. The number of nitrogens with zero attached hydrogens (tertiary/aromatic N) is 4. The molecular formula is C11H13BrN4O2. The van der Waals surface area contributed by atoms with E-state index >= 15 is 0 Å². The molecule has 0 radical (unpaired) electrons. The van der Waals surface area contributed by atoms with Gasteiger partial charge in [-0.05, 0) is 29.3 Å². The third-order valence-corrected chi connectivity index (χ3v) is 3.02. The van der Waals surface area contributed by atoms with Crippen molar-refractivity contribution in [2.24, 2.45) is 0 Å². The summed E-state index contributed by atoms with van der Waals surface area (Å²) >= 11 is 3.16. The van der Waals surface area contributed by atoms with Crippen LogP contribution >= 0.6 is 15.9 Å². The fourth-order valence-corrected chi connectivity index (χ4v) is 1.86. The van der Waals surface area contributed by atoms with E-state index in [2.05, 4.69) is 31.1 Å². The fraction of sp³-hybridized carbons (Fsp3) is 0.455. The van der Waals surface area contributed by atoms with Crippen LogP contribution in [0.5, 0.6) is 0 Å². The van der Waals surface area contributed by atoms with E-state index in [1.807, 2.05) is 6.92 Å². The Bertz CT molecular complexity index is 605. The molecule has 0 bridgehead atoms. The van der Waals surface area contributed by atoms with Crippen LogP contribution in [0, 0.1) is 6.92 Å². The molecule has 0 unspecified atom stereocenters. The molecule has 6 nitrogen and oxygen atoms in total. The molecule has 2 rings (SSSR count). The van der Waals surface area contributed by atoms with Crippen LogP contribution in [0.1, 0.15) is 30.9 Å². The Kier molecular flexibility index (Phi) is 3.90. The van der Waals surface area contributed by atoms with Crippen molar-refractivity contribution in [3.05, 3.63) is 38.6 Å². The molecule has 0 saturated heterocycles. The molecule has 2 aromatic heterocycles. The molecular weight excluding hydrogens is 300 g/mol. The molecule has 0 amide bonds. The highest BCUT2D eigenvalue weighted by Gasteiger charge is 2.10. The minimum absolute atomic E-state index is 0.149. The van der Waals surface area contributed by atoms with E-state index in [1.165, 1.54) is 10.8 Å². The summed E-state index contributed by atoms with van der Waals surface area (Å²) < 4.78 is 7.00. The van der Waals surface area contributed by atoms with Crippen molar-refractivity contribution < 1.29 is 4.52 Å². The normalized spacial score (nSPS) is 10.8. The van der Waals surface area contributed by atoms with Gasteiger partial charge in [0.25, 0.3) is 5.56 Å². The molecule has 0 spiro atoms. The van der Waals surface area contributed by atoms with E-state index in [0.717, 1.165) is 12.8 Å². The van der Waals surface area contributed by atoms with Crippen molar-refractivity contribution in [3.8, 4) is 0 Å². The van der Waals surface area contributed by atoms with Crippen LogP contribution in [0.4, 0.5) is 0 Å². The average Bonchev–Trinajstić information content (AvgIpc) is 2.78. The Hall–Kier alpha value is -1.50. The van der Waals surface area contributed by atoms with Crippen LogP contribution in [0.15, 0.2) is 20.0 Å². The molecule has 0 saturated carbocycles. The zero-order chi connectivity index (χ0) is 13.1. The molecule has 0 aromatic carbocycles. The van der Waals surface area contributed by atoms with E-state index in [4.69, 9.17) is 4.52 Å². The number of hydrogen-bond donors (Lipinski definition) is 0. The molecule has 0 aliphatic carbocycles. The second-order valence-corrected chi connectivity index (χ2v) is 4.75. The lowest BCUT2D eigenvalue weighted by Gasteiger charge is -2.05. The summed E-state index contributed by atoms with van der Waals surface area (Å²) in [5.41, 5.74) is -0.149. The lowest BCUT2D eigenvalue weighted by atomic mass is 10.3. The van der Waals surface area contributed by atoms with E-state index in [1.54, 1.807) is 6.92 Å². The SMILES string of the molecule is CCCc1nc(Cn2c(C)ncc(Br)c2=O)no1. The van der Waals surface area contributed by atoms with Crippen molar-refractivity contribution in [2.75, 3.05) is 0 Å². The Labute approximate surface area is 112 Å². The standard InChI is InChI=1S/C11H13BrN4O2/c1-3-4-10-14-9(15-18-10)6-16-7(2)13-5-8(12)11(16)17/h5H,3-4,6H2,1-2H3. The Balaban J connectivity index is 2.28. The fourth-order valence-electron chi connectivity index (χ4n) is 1.55. The zero-order valence-corrected chi connectivity index (χ0v) is 11.8. The van der Waals surface area contributed by atoms with Gasteiger partial charge in [0.15, 0.2) is 5.82 Å². The van der Waals surface area contributed by atoms with Gasteiger partial charge in [-0.3, -0.25) is 9.36 Å². The van der Waals surface area contributed by atoms with Gasteiger partial charge in [0, 0.05) is 12.6 Å². The molecule has 2 aromatic rings. The topological polar surface area (TPSA) is 73.8 Å². The Morgan fingerprint density at radius 2 is 2.28 bits per heavy atom. The molecule has 0 aliphatic rings. The molecule has 0 fully saturated rings. The largest absolute Gasteiger partial charge is 0.339 e. The number of aryl methyl sites for hydroxylation is 2. The molecule has 18 heavy (non-hydrogen) atoms. The van der Waals surface area contributed by atoms with E-state index in [0.29, 0.717) is 22.0 Å². The van der Waals surface area contributed by atoms with Gasteiger partial charge in [0.05, 0.1) is 6.54 Å². The number of halogens is 1. The van der Waals surface area contributed by atoms with Crippen molar-refractivity contribution >= 4 is 15.9 Å². The quantitative estimate of drug-likeness (QED) is 0.859. The van der Waals surface area contributed by atoms with Crippen molar-refractivity contribution in [2.45, 2.75) is 33.2 Å². The van der Waals surface area contributed by atoms with Crippen molar-refractivity contribution in [1.82, 2.24) is 19.7 Å². The molecule has 96 valence electrons. The highest BCUT2D eigenvalue weighted by Crippen LogP contribution is 2.05. The maximum Gasteiger partial charge on any atom is 0.268 e. The van der Waals surface area contributed by atoms with Gasteiger partial charge in [-0.2, -0.15) is 4.98 Å². The summed E-state index contributed by atoms with van der Waals surface area (Å²) in [5, 5.41) is 3.85. The summed E-state index contributed by atoms with van der Waals surface area (Å²) in [6.45, 7) is 4.07. The maximum atomic E-state index is 11.9. The van der Waals surface area contributed by atoms with Crippen LogP contribution in [0.3, 0.4) is 0 Å². The van der Waals surface area contributed by atoms with Crippen LogP contribution in [0.2, 0.25) is 0 Å². The first-order chi connectivity index (χ1) is 8.61. The van der Waals surface area contributed by atoms with E-state index < -0.39 is 0 Å². The van der Waals surface area contributed by atoms with Gasteiger partial charge < -0.3 is 4.52 Å². The second kappa shape index (κ2) is 5.43. The third-order valence-electron chi connectivity index (χ3n) is 2.48. The van der Waals surface area contributed by atoms with Gasteiger partial charge in [0.2, 0.25) is 5.89 Å². The highest BCUT2D eigenvalue weighted by atomic mass is 79.9. The first-order valence-corrected chi connectivity index (χ1v) is 6.44. The summed E-state index contributed by atoms with van der Waals surface area (Å²) in [5.74, 6) is 1.70. The van der Waals surface area contributed by atoms with Gasteiger partial charge >= 0.3 is 0 Å². The minimum Gasteiger partial charge on any atom is -0.339 e. The monoisotopic (exact) mass is 312 g/mol. The zero-order valence-electron chi connectivity index (χ0n) is 10.2. The molecule has 0 N–H and O–H groups in total. The van der Waals surface area contributed by atoms with Crippen LogP contribution in [0.25, 0.3) is 0 Å². The Morgan fingerprint density at radius 3 is 3.00 bits per heavy atom. The number of rotatable bonds is 4. The van der Waals surface area contributed by atoms with Gasteiger partial charge in [-0.25, -0.2) is 4.98 Å². The average molecular weight is 313 g/mol. The summed E-state index contributed by atoms with van der Waals surface area (Å²) in [6.07, 6.45) is 3.18.